The molecule has 1 aromatic carbocycles. The molecule has 2 rings (SSSR count). The molecule has 98 valence electrons. The number of hydrogen-bond donors (Lipinski definition) is 1. The molecule has 1 aromatic heterocycles. The number of rotatable bonds is 4. The van der Waals surface area contributed by atoms with E-state index in [-0.39, 0.29) is 10.8 Å². The number of benzene rings is 1. The maximum atomic E-state index is 10.9. The molecule has 0 atom stereocenters. The third-order valence-electron chi connectivity index (χ3n) is 2.15. The molecule has 0 radical (unpaired) electrons. The predicted octanol–water partition coefficient (Wildman–Crippen LogP) is 4.42. The molecular weight excluding hydrogens is 309 g/mol. The number of anilines is 1. The summed E-state index contributed by atoms with van der Waals surface area (Å²) in [7, 11) is 0. The largest absolute Gasteiger partial charge is 0.323 e. The Balaban J connectivity index is 2.17. The fourth-order valence-electron chi connectivity index (χ4n) is 1.29. The van der Waals surface area contributed by atoms with Crippen molar-refractivity contribution in [2.24, 2.45) is 0 Å². The molecule has 0 aliphatic carbocycles. The summed E-state index contributed by atoms with van der Waals surface area (Å²) in [5.74, 6) is 0. The van der Waals surface area contributed by atoms with Crippen LogP contribution >= 0.6 is 35.1 Å². The van der Waals surface area contributed by atoms with Crippen LogP contribution < -0.4 is 4.72 Å². The maximum Gasteiger partial charge on any atom is 0.284 e. The number of pyridine rings is 1. The van der Waals surface area contributed by atoms with Crippen LogP contribution in [0.25, 0.3) is 0 Å². The highest BCUT2D eigenvalue weighted by Gasteiger charge is 2.13. The van der Waals surface area contributed by atoms with E-state index in [1.165, 1.54) is 18.3 Å². The molecule has 0 saturated heterocycles. The molecule has 0 bridgehead atoms. The number of para-hydroxylation sites is 1. The van der Waals surface area contributed by atoms with Crippen LogP contribution in [0.15, 0.2) is 41.4 Å². The summed E-state index contributed by atoms with van der Waals surface area (Å²) in [6.07, 6.45) is 1.46. The van der Waals surface area contributed by atoms with Gasteiger partial charge in [-0.25, -0.2) is 4.98 Å². The Morgan fingerprint density at radius 3 is 2.74 bits per heavy atom. The fraction of sp³-hybridized carbons (Fsp3) is 0. The van der Waals surface area contributed by atoms with E-state index >= 15 is 0 Å². The molecule has 2 aromatic rings. The number of nitro benzene ring substituents is 1. The predicted molar refractivity (Wildman–Crippen MR) is 76.8 cm³/mol. The van der Waals surface area contributed by atoms with E-state index < -0.39 is 4.92 Å². The summed E-state index contributed by atoms with van der Waals surface area (Å²) in [5, 5.41) is 11.5. The Kier molecular flexibility index (Phi) is 4.47. The van der Waals surface area contributed by atoms with E-state index in [0.717, 1.165) is 11.9 Å². The Bertz CT molecular complexity index is 625. The van der Waals surface area contributed by atoms with Crippen molar-refractivity contribution >= 4 is 46.5 Å². The maximum absolute atomic E-state index is 10.9. The van der Waals surface area contributed by atoms with Crippen LogP contribution in [0.3, 0.4) is 0 Å². The molecule has 0 saturated carbocycles. The molecule has 0 unspecified atom stereocenters. The molecule has 8 heteroatoms. The number of aromatic nitrogens is 1. The molecule has 0 amide bonds. The first-order chi connectivity index (χ1) is 9.08. The van der Waals surface area contributed by atoms with Crippen molar-refractivity contribution in [3.8, 4) is 0 Å². The quantitative estimate of drug-likeness (QED) is 0.391. The van der Waals surface area contributed by atoms with Gasteiger partial charge in [0, 0.05) is 6.07 Å². The van der Waals surface area contributed by atoms with Gasteiger partial charge in [-0.05, 0) is 24.1 Å². The van der Waals surface area contributed by atoms with Gasteiger partial charge < -0.3 is 4.72 Å². The third kappa shape index (κ3) is 3.50. The molecule has 5 nitrogen and oxygen atoms in total. The zero-order chi connectivity index (χ0) is 13.8. The lowest BCUT2D eigenvalue weighted by Gasteiger charge is -2.07. The summed E-state index contributed by atoms with van der Waals surface area (Å²) in [4.78, 5) is 14.8. The molecule has 0 aliphatic heterocycles. The SMILES string of the molecule is O=[N+]([O-])c1ccccc1SNc1cnc(Cl)cc1Cl. The normalized spacial score (nSPS) is 10.2. The molecule has 0 spiro atoms. The molecule has 0 aliphatic rings. The van der Waals surface area contributed by atoms with Gasteiger partial charge in [0.25, 0.3) is 5.69 Å². The Hall–Kier alpha value is -1.50. The molecule has 0 fully saturated rings. The van der Waals surface area contributed by atoms with Crippen LogP contribution in [-0.4, -0.2) is 9.91 Å². The number of halogens is 2. The van der Waals surface area contributed by atoms with Gasteiger partial charge in [-0.15, -0.1) is 0 Å². The van der Waals surface area contributed by atoms with E-state index in [2.05, 4.69) is 9.71 Å². The Morgan fingerprint density at radius 1 is 1.32 bits per heavy atom. The van der Waals surface area contributed by atoms with Gasteiger partial charge in [-0.1, -0.05) is 35.3 Å². The standard InChI is InChI=1S/C11H7Cl2N3O2S/c12-7-5-11(13)14-6-8(7)15-19-10-4-2-1-3-9(10)16(17)18/h1-6,15H. The van der Waals surface area contributed by atoms with Crippen LogP contribution in [-0.2, 0) is 0 Å². The van der Waals surface area contributed by atoms with Crippen LogP contribution in [0.5, 0.6) is 0 Å². The highest BCUT2D eigenvalue weighted by Crippen LogP contribution is 2.32. The first kappa shape index (κ1) is 13.9. The second kappa shape index (κ2) is 6.10. The van der Waals surface area contributed by atoms with E-state index in [9.17, 15) is 10.1 Å². The minimum Gasteiger partial charge on any atom is -0.323 e. The Labute approximate surface area is 123 Å². The summed E-state index contributed by atoms with van der Waals surface area (Å²) >= 11 is 12.7. The summed E-state index contributed by atoms with van der Waals surface area (Å²) in [5.41, 5.74) is 0.562. The van der Waals surface area contributed by atoms with Gasteiger partial charge in [0.15, 0.2) is 0 Å². The highest BCUT2D eigenvalue weighted by molar-refractivity contribution is 8.00. The topological polar surface area (TPSA) is 68.1 Å². The van der Waals surface area contributed by atoms with Crippen molar-refractivity contribution in [1.82, 2.24) is 4.98 Å². The van der Waals surface area contributed by atoms with Gasteiger partial charge in [-0.3, -0.25) is 10.1 Å². The van der Waals surface area contributed by atoms with Crippen molar-refractivity contribution in [3.63, 3.8) is 0 Å². The number of nitrogens with zero attached hydrogens (tertiary/aromatic N) is 2. The van der Waals surface area contributed by atoms with Gasteiger partial charge in [0.2, 0.25) is 0 Å². The highest BCUT2D eigenvalue weighted by atomic mass is 35.5. The smallest absolute Gasteiger partial charge is 0.284 e. The van der Waals surface area contributed by atoms with Crippen LogP contribution in [0.4, 0.5) is 11.4 Å². The second-order valence-corrected chi connectivity index (χ2v) is 5.06. The first-order valence-electron chi connectivity index (χ1n) is 5.05. The lowest BCUT2D eigenvalue weighted by Crippen LogP contribution is -1.94. The molecule has 1 N–H and O–H groups in total. The summed E-state index contributed by atoms with van der Waals surface area (Å²) < 4.78 is 2.91. The van der Waals surface area contributed by atoms with E-state index in [0.29, 0.717) is 15.6 Å². The van der Waals surface area contributed by atoms with E-state index in [1.807, 2.05) is 0 Å². The van der Waals surface area contributed by atoms with Crippen molar-refractivity contribution < 1.29 is 4.92 Å². The van der Waals surface area contributed by atoms with Crippen molar-refractivity contribution in [2.75, 3.05) is 4.72 Å². The fourth-order valence-corrected chi connectivity index (χ4v) is 2.53. The second-order valence-electron chi connectivity index (χ2n) is 3.42. The summed E-state index contributed by atoms with van der Waals surface area (Å²) in [6, 6.07) is 7.90. The number of hydrogen-bond acceptors (Lipinski definition) is 5. The van der Waals surface area contributed by atoms with Crippen LogP contribution in [0, 0.1) is 10.1 Å². The van der Waals surface area contributed by atoms with Crippen LogP contribution in [0.2, 0.25) is 10.2 Å². The zero-order valence-electron chi connectivity index (χ0n) is 9.34. The number of nitrogens with one attached hydrogen (secondary N) is 1. The molecule has 19 heavy (non-hydrogen) atoms. The van der Waals surface area contributed by atoms with E-state index in [4.69, 9.17) is 23.2 Å². The van der Waals surface area contributed by atoms with Crippen molar-refractivity contribution in [2.45, 2.75) is 4.90 Å². The molecule has 1 heterocycles. The number of nitro groups is 1. The van der Waals surface area contributed by atoms with Crippen molar-refractivity contribution in [1.29, 1.82) is 0 Å². The molecular formula is C11H7Cl2N3O2S. The third-order valence-corrected chi connectivity index (χ3v) is 3.56. The van der Waals surface area contributed by atoms with Gasteiger partial charge >= 0.3 is 0 Å². The van der Waals surface area contributed by atoms with E-state index in [1.54, 1.807) is 18.2 Å². The van der Waals surface area contributed by atoms with Gasteiger partial charge in [-0.2, -0.15) is 0 Å². The van der Waals surface area contributed by atoms with Crippen LogP contribution in [0.1, 0.15) is 0 Å². The minimum atomic E-state index is -0.439. The zero-order valence-corrected chi connectivity index (χ0v) is 11.7. The Morgan fingerprint density at radius 2 is 2.05 bits per heavy atom. The monoisotopic (exact) mass is 315 g/mol. The summed E-state index contributed by atoms with van der Waals surface area (Å²) in [6.45, 7) is 0. The lowest BCUT2D eigenvalue weighted by molar-refractivity contribution is -0.387. The minimum absolute atomic E-state index is 0.0260. The van der Waals surface area contributed by atoms with Crippen molar-refractivity contribution in [3.05, 3.63) is 56.8 Å². The van der Waals surface area contributed by atoms with Gasteiger partial charge in [0.1, 0.15) is 10.0 Å². The average Bonchev–Trinajstić information content (AvgIpc) is 2.38. The lowest BCUT2D eigenvalue weighted by atomic mass is 10.3. The van der Waals surface area contributed by atoms with Gasteiger partial charge in [0.05, 0.1) is 21.8 Å². The average molecular weight is 316 g/mol. The first-order valence-corrected chi connectivity index (χ1v) is 6.62.